The summed E-state index contributed by atoms with van der Waals surface area (Å²) in [7, 11) is 0. The van der Waals surface area contributed by atoms with Gasteiger partial charge in [0.05, 0.1) is 4.88 Å². The third-order valence-electron chi connectivity index (χ3n) is 3.88. The number of hydrogen-bond acceptors (Lipinski definition) is 5. The summed E-state index contributed by atoms with van der Waals surface area (Å²) in [4.78, 5) is 41.6. The standard InChI is InChI=1S/C18H27N3O4S/c1-13-5-6-14(26-13)16(23)21-11-9-20(10-12-21)15(22)7-8-19-17(24)25-18(2,3)4/h5-6H,7-12H2,1-4H3,(H,19,24). The van der Waals surface area contributed by atoms with Crippen molar-refractivity contribution in [3.8, 4) is 0 Å². The first-order chi connectivity index (χ1) is 12.2. The first-order valence-electron chi connectivity index (χ1n) is 8.76. The normalized spacial score (nSPS) is 14.9. The van der Waals surface area contributed by atoms with Gasteiger partial charge in [0, 0.05) is 44.0 Å². The third kappa shape index (κ3) is 6.01. The van der Waals surface area contributed by atoms with Crippen LogP contribution in [0.15, 0.2) is 12.1 Å². The summed E-state index contributed by atoms with van der Waals surface area (Å²) < 4.78 is 5.13. The summed E-state index contributed by atoms with van der Waals surface area (Å²) in [6, 6.07) is 3.79. The van der Waals surface area contributed by atoms with Crippen molar-refractivity contribution in [3.63, 3.8) is 0 Å². The highest BCUT2D eigenvalue weighted by Gasteiger charge is 2.25. The molecule has 0 atom stereocenters. The van der Waals surface area contributed by atoms with E-state index >= 15 is 0 Å². The van der Waals surface area contributed by atoms with Gasteiger partial charge in [0.15, 0.2) is 0 Å². The van der Waals surface area contributed by atoms with Crippen LogP contribution < -0.4 is 5.32 Å². The van der Waals surface area contributed by atoms with Crippen LogP contribution in [0.3, 0.4) is 0 Å². The van der Waals surface area contributed by atoms with Crippen molar-refractivity contribution in [1.82, 2.24) is 15.1 Å². The Balaban J connectivity index is 1.71. The maximum absolute atomic E-state index is 12.4. The fraction of sp³-hybridized carbons (Fsp3) is 0.611. The predicted molar refractivity (Wildman–Crippen MR) is 100 cm³/mol. The topological polar surface area (TPSA) is 79.0 Å². The molecule has 26 heavy (non-hydrogen) atoms. The first-order valence-corrected chi connectivity index (χ1v) is 9.58. The molecule has 8 heteroatoms. The number of nitrogens with one attached hydrogen (secondary N) is 1. The summed E-state index contributed by atoms with van der Waals surface area (Å²) in [5.41, 5.74) is -0.557. The molecule has 3 amide bonds. The van der Waals surface area contributed by atoms with Gasteiger partial charge in [-0.1, -0.05) is 0 Å². The molecule has 7 nitrogen and oxygen atoms in total. The molecule has 1 saturated heterocycles. The van der Waals surface area contributed by atoms with E-state index in [1.165, 1.54) is 11.3 Å². The van der Waals surface area contributed by atoms with Crippen LogP contribution in [0.2, 0.25) is 0 Å². The van der Waals surface area contributed by atoms with Crippen molar-refractivity contribution in [1.29, 1.82) is 0 Å². The summed E-state index contributed by atoms with van der Waals surface area (Å²) in [6.07, 6.45) is -0.302. The minimum Gasteiger partial charge on any atom is -0.444 e. The summed E-state index contributed by atoms with van der Waals surface area (Å²) >= 11 is 1.49. The molecule has 2 heterocycles. The molecule has 1 fully saturated rings. The fourth-order valence-corrected chi connectivity index (χ4v) is 3.44. The Bertz CT molecular complexity index is 658. The molecule has 144 valence electrons. The number of nitrogens with zero attached hydrogens (tertiary/aromatic N) is 2. The van der Waals surface area contributed by atoms with Gasteiger partial charge in [-0.05, 0) is 39.8 Å². The number of aryl methyl sites for hydroxylation is 1. The minimum absolute atomic E-state index is 0.0277. The number of alkyl carbamates (subject to hydrolysis) is 1. The van der Waals surface area contributed by atoms with Crippen LogP contribution in [0.1, 0.15) is 41.7 Å². The highest BCUT2D eigenvalue weighted by atomic mass is 32.1. The van der Waals surface area contributed by atoms with Gasteiger partial charge in [-0.2, -0.15) is 0 Å². The van der Waals surface area contributed by atoms with Gasteiger partial charge in [-0.3, -0.25) is 9.59 Å². The van der Waals surface area contributed by atoms with E-state index in [-0.39, 0.29) is 24.8 Å². The maximum atomic E-state index is 12.4. The average Bonchev–Trinajstić information content (AvgIpc) is 2.99. The second-order valence-corrected chi connectivity index (χ2v) is 8.55. The Morgan fingerprint density at radius 2 is 1.73 bits per heavy atom. The number of carbonyl (C=O) groups excluding carboxylic acids is 3. The second-order valence-electron chi connectivity index (χ2n) is 7.26. The first kappa shape index (κ1) is 20.2. The largest absolute Gasteiger partial charge is 0.444 e. The Kier molecular flexibility index (Phi) is 6.63. The van der Waals surface area contributed by atoms with Gasteiger partial charge in [0.2, 0.25) is 5.91 Å². The molecule has 0 unspecified atom stereocenters. The molecular weight excluding hydrogens is 354 g/mol. The molecule has 1 aromatic heterocycles. The van der Waals surface area contributed by atoms with E-state index in [9.17, 15) is 14.4 Å². The van der Waals surface area contributed by atoms with Crippen molar-refractivity contribution < 1.29 is 19.1 Å². The van der Waals surface area contributed by atoms with Gasteiger partial charge < -0.3 is 19.9 Å². The van der Waals surface area contributed by atoms with Gasteiger partial charge in [0.1, 0.15) is 5.60 Å². The molecule has 0 aliphatic carbocycles. The van der Waals surface area contributed by atoms with E-state index < -0.39 is 11.7 Å². The highest BCUT2D eigenvalue weighted by molar-refractivity contribution is 7.13. The van der Waals surface area contributed by atoms with Crippen molar-refractivity contribution >= 4 is 29.2 Å². The van der Waals surface area contributed by atoms with Crippen LogP contribution in [-0.2, 0) is 9.53 Å². The van der Waals surface area contributed by atoms with Crippen LogP contribution in [0, 0.1) is 6.92 Å². The van der Waals surface area contributed by atoms with Crippen molar-refractivity contribution in [2.45, 2.75) is 39.7 Å². The molecule has 1 aromatic rings. The lowest BCUT2D eigenvalue weighted by Gasteiger charge is -2.34. The Hall–Kier alpha value is -2.09. The molecule has 0 aromatic carbocycles. The average molecular weight is 381 g/mol. The molecule has 0 saturated carbocycles. The summed E-state index contributed by atoms with van der Waals surface area (Å²) in [6.45, 7) is 9.66. The summed E-state index contributed by atoms with van der Waals surface area (Å²) in [5, 5.41) is 2.59. The monoisotopic (exact) mass is 381 g/mol. The minimum atomic E-state index is -0.557. The van der Waals surface area contributed by atoms with E-state index in [1.54, 1.807) is 30.6 Å². The second kappa shape index (κ2) is 8.53. The smallest absolute Gasteiger partial charge is 0.407 e. The molecule has 1 aliphatic heterocycles. The zero-order chi connectivity index (χ0) is 19.3. The van der Waals surface area contributed by atoms with Gasteiger partial charge in [-0.15, -0.1) is 11.3 Å². The van der Waals surface area contributed by atoms with Crippen LogP contribution in [0.5, 0.6) is 0 Å². The maximum Gasteiger partial charge on any atom is 0.407 e. The lowest BCUT2D eigenvalue weighted by Crippen LogP contribution is -2.50. The highest BCUT2D eigenvalue weighted by Crippen LogP contribution is 2.18. The number of piperazine rings is 1. The molecular formula is C18H27N3O4S. The van der Waals surface area contributed by atoms with Crippen LogP contribution in [0.25, 0.3) is 0 Å². The molecule has 0 bridgehead atoms. The quantitative estimate of drug-likeness (QED) is 0.868. The van der Waals surface area contributed by atoms with E-state index in [1.807, 2.05) is 19.1 Å². The number of thiophene rings is 1. The van der Waals surface area contributed by atoms with Gasteiger partial charge >= 0.3 is 6.09 Å². The Morgan fingerprint density at radius 1 is 1.12 bits per heavy atom. The molecule has 2 rings (SSSR count). The zero-order valence-electron chi connectivity index (χ0n) is 15.8. The van der Waals surface area contributed by atoms with E-state index in [4.69, 9.17) is 4.74 Å². The zero-order valence-corrected chi connectivity index (χ0v) is 16.6. The van der Waals surface area contributed by atoms with Gasteiger partial charge in [-0.25, -0.2) is 4.79 Å². The van der Waals surface area contributed by atoms with Gasteiger partial charge in [0.25, 0.3) is 5.91 Å². The number of hydrogen-bond donors (Lipinski definition) is 1. The number of rotatable bonds is 4. The van der Waals surface area contributed by atoms with E-state index in [2.05, 4.69) is 5.32 Å². The lowest BCUT2D eigenvalue weighted by molar-refractivity contribution is -0.132. The molecule has 0 radical (unpaired) electrons. The molecule has 1 aliphatic rings. The Labute approximate surface area is 158 Å². The van der Waals surface area contributed by atoms with E-state index in [0.717, 1.165) is 9.75 Å². The molecule has 1 N–H and O–H groups in total. The molecule has 0 spiro atoms. The van der Waals surface area contributed by atoms with Crippen LogP contribution in [-0.4, -0.2) is 66.0 Å². The van der Waals surface area contributed by atoms with Crippen molar-refractivity contribution in [3.05, 3.63) is 21.9 Å². The Morgan fingerprint density at radius 3 is 2.27 bits per heavy atom. The number of amides is 3. The number of carbonyl (C=O) groups is 3. The predicted octanol–water partition coefficient (Wildman–Crippen LogP) is 2.26. The van der Waals surface area contributed by atoms with E-state index in [0.29, 0.717) is 26.2 Å². The SMILES string of the molecule is Cc1ccc(C(=O)N2CCN(C(=O)CCNC(=O)OC(C)(C)C)CC2)s1. The van der Waals surface area contributed by atoms with Crippen molar-refractivity contribution in [2.24, 2.45) is 0 Å². The third-order valence-corrected chi connectivity index (χ3v) is 4.87. The fourth-order valence-electron chi connectivity index (χ4n) is 2.61. The van der Waals surface area contributed by atoms with Crippen molar-refractivity contribution in [2.75, 3.05) is 32.7 Å². The number of ether oxygens (including phenoxy) is 1. The summed E-state index contributed by atoms with van der Waals surface area (Å²) in [5.74, 6) is 0.00178. The van der Waals surface area contributed by atoms with Crippen LogP contribution in [0.4, 0.5) is 4.79 Å². The van der Waals surface area contributed by atoms with Crippen LogP contribution >= 0.6 is 11.3 Å². The lowest BCUT2D eigenvalue weighted by atomic mass is 10.2.